The summed E-state index contributed by atoms with van der Waals surface area (Å²) in [6, 6.07) is 33.0. The van der Waals surface area contributed by atoms with E-state index in [4.69, 9.17) is 0 Å². The van der Waals surface area contributed by atoms with Crippen molar-refractivity contribution < 1.29 is 60.0 Å². The van der Waals surface area contributed by atoms with Crippen LogP contribution in [0.1, 0.15) is 167 Å². The number of fused-ring (bicyclic) bond motifs is 2. The van der Waals surface area contributed by atoms with Crippen LogP contribution in [0.25, 0.3) is 44.1 Å². The van der Waals surface area contributed by atoms with Crippen molar-refractivity contribution in [2.24, 2.45) is 23.7 Å². The number of aliphatic hydroxyl groups is 2. The van der Waals surface area contributed by atoms with Gasteiger partial charge in [0.25, 0.3) is 0 Å². The van der Waals surface area contributed by atoms with Crippen LogP contribution in [0.5, 0.6) is 0 Å². The molecule has 2 atom stereocenters. The van der Waals surface area contributed by atoms with Gasteiger partial charge >= 0.3 is 0 Å². The number of allylic oxidation sites excluding steroid dienone is 4. The summed E-state index contributed by atoms with van der Waals surface area (Å²) in [4.78, 5) is 32.3. The zero-order valence-corrected chi connectivity index (χ0v) is 51.0. The predicted molar refractivity (Wildman–Crippen MR) is 298 cm³/mol. The second kappa shape index (κ2) is 32.6. The third-order valence-electron chi connectivity index (χ3n) is 13.3. The molecule has 0 amide bonds. The van der Waals surface area contributed by atoms with E-state index in [-0.39, 0.29) is 87.0 Å². The van der Waals surface area contributed by atoms with Gasteiger partial charge in [0.05, 0.1) is 11.5 Å². The van der Waals surface area contributed by atoms with E-state index in [2.05, 4.69) is 150 Å². The van der Waals surface area contributed by atoms with Gasteiger partial charge in [-0.3, -0.25) is 9.59 Å². The largest absolute Gasteiger partial charge is 0.512 e. The van der Waals surface area contributed by atoms with Gasteiger partial charge in [-0.25, -0.2) is 0 Å². The number of benzene rings is 4. The van der Waals surface area contributed by atoms with E-state index in [0.29, 0.717) is 11.8 Å². The van der Waals surface area contributed by atoms with Gasteiger partial charge in [-0.2, -0.15) is 0 Å². The molecule has 0 saturated heterocycles. The van der Waals surface area contributed by atoms with Gasteiger partial charge in [0.2, 0.25) is 0 Å². The Morgan fingerprint density at radius 2 is 0.889 bits per heavy atom. The minimum Gasteiger partial charge on any atom is -0.512 e. The van der Waals surface area contributed by atoms with E-state index in [9.17, 15) is 19.8 Å². The first-order valence-corrected chi connectivity index (χ1v) is 25.9. The zero-order chi connectivity index (χ0) is 52.2. The van der Waals surface area contributed by atoms with Crippen LogP contribution in [-0.2, 0) is 49.8 Å². The molecule has 0 fully saturated rings. The standard InChI is InChI=1S/2C20H20N.C13H24O2.C11H20O2.2Ir/c2*1-13(2)17-6-5-16-7-8-21-20(19(16)12-17)18-10-14(3)9-15(4)11-18;1-5-10(6-2)12(14)9-13(15)11(7-3)8-4;1-5-8(3)10(12)7-11(13)9(4)6-2;;/h2*5-10,12-13H,1-4H3;9-11,14H,5-8H2,1-4H3;7-9,12H,5-6H2,1-4H3;;/q2*-1;;;;. The molecule has 0 bridgehead atoms. The van der Waals surface area contributed by atoms with Gasteiger partial charge < -0.3 is 20.2 Å². The summed E-state index contributed by atoms with van der Waals surface area (Å²) in [5.74, 6) is 1.94. The SMILES string of the molecule is CCC(C)C(=O)C=C(O)C(C)CC.CCC(CC)C(=O)C=C(O)C(CC)CC.Cc1[c-]c(-c2nccc3ccc(C(C)C)cc23)cc(C)c1.Cc1[c-]c(-c2nccc3ccc(C(C)C)cc23)cc(C)c1.[Ir].[Ir]. The molecular weight excluding hydrogens is 1250 g/mol. The number of aliphatic hydroxyl groups excluding tert-OH is 2. The number of hydrogen-bond donors (Lipinski definition) is 2. The van der Waals surface area contributed by atoms with E-state index in [1.807, 2.05) is 67.8 Å². The monoisotopic (exact) mass is 1330 g/mol. The van der Waals surface area contributed by atoms with Crippen molar-refractivity contribution >= 4 is 33.1 Å². The van der Waals surface area contributed by atoms with Crippen molar-refractivity contribution in [3.8, 4) is 22.5 Å². The fourth-order valence-electron chi connectivity index (χ4n) is 8.19. The molecular formula is C64H84Ir2N2O4-2. The molecule has 394 valence electrons. The van der Waals surface area contributed by atoms with E-state index >= 15 is 0 Å². The number of nitrogens with zero attached hydrogens (tertiary/aromatic N) is 2. The predicted octanol–water partition coefficient (Wildman–Crippen LogP) is 17.8. The summed E-state index contributed by atoms with van der Waals surface area (Å²) >= 11 is 0. The van der Waals surface area contributed by atoms with Crippen molar-refractivity contribution in [3.63, 3.8) is 0 Å². The molecule has 0 aliphatic heterocycles. The van der Waals surface area contributed by atoms with E-state index < -0.39 is 0 Å². The number of aryl methyl sites for hydroxylation is 4. The maximum Gasteiger partial charge on any atom is 0.162 e. The maximum absolute atomic E-state index is 11.7. The Kier molecular flexibility index (Phi) is 29.6. The Labute approximate surface area is 461 Å². The van der Waals surface area contributed by atoms with E-state index in [1.54, 1.807) is 0 Å². The first-order chi connectivity index (χ1) is 33.2. The summed E-state index contributed by atoms with van der Waals surface area (Å²) in [5, 5.41) is 24.1. The number of ketones is 2. The zero-order valence-electron chi connectivity index (χ0n) is 46.2. The van der Waals surface area contributed by atoms with Crippen LogP contribution >= 0.6 is 0 Å². The number of hydrogen-bond acceptors (Lipinski definition) is 6. The fourth-order valence-corrected chi connectivity index (χ4v) is 8.19. The Balaban J connectivity index is 0.000000486. The Bertz CT molecular complexity index is 2510. The van der Waals surface area contributed by atoms with Gasteiger partial charge in [0.1, 0.15) is 0 Å². The second-order valence-electron chi connectivity index (χ2n) is 19.7. The number of aromatic nitrogens is 2. The molecule has 2 N–H and O–H groups in total. The van der Waals surface area contributed by atoms with Crippen LogP contribution in [0.3, 0.4) is 0 Å². The van der Waals surface area contributed by atoms with Crippen LogP contribution in [0.4, 0.5) is 0 Å². The van der Waals surface area contributed by atoms with Gasteiger partial charge in [-0.15, -0.1) is 69.8 Å². The Morgan fingerprint density at radius 1 is 0.500 bits per heavy atom. The number of carbonyl (C=O) groups excluding carboxylic acids is 2. The van der Waals surface area contributed by atoms with Crippen molar-refractivity contribution in [3.05, 3.63) is 154 Å². The molecule has 2 radical (unpaired) electrons. The molecule has 0 saturated carbocycles. The first kappa shape index (κ1) is 65.4. The second-order valence-corrected chi connectivity index (χ2v) is 19.7. The van der Waals surface area contributed by atoms with Crippen molar-refractivity contribution in [2.45, 2.75) is 161 Å². The average Bonchev–Trinajstić information content (AvgIpc) is 3.33. The summed E-state index contributed by atoms with van der Waals surface area (Å²) in [6.07, 6.45) is 11.7. The molecule has 2 heterocycles. The number of rotatable bonds is 16. The van der Waals surface area contributed by atoms with Gasteiger partial charge in [-0.1, -0.05) is 147 Å². The fraction of sp³-hybridized carbons (Fsp3) is 0.438. The molecule has 8 heteroatoms. The smallest absolute Gasteiger partial charge is 0.162 e. The quantitative estimate of drug-likeness (QED) is 0.0569. The van der Waals surface area contributed by atoms with Crippen molar-refractivity contribution in [2.75, 3.05) is 0 Å². The summed E-state index contributed by atoms with van der Waals surface area (Å²) in [7, 11) is 0. The first-order valence-electron chi connectivity index (χ1n) is 25.9. The molecule has 4 aromatic carbocycles. The molecule has 6 rings (SSSR count). The molecule has 2 aromatic heterocycles. The van der Waals surface area contributed by atoms with Crippen LogP contribution < -0.4 is 0 Å². The molecule has 72 heavy (non-hydrogen) atoms. The summed E-state index contributed by atoms with van der Waals surface area (Å²) in [5.41, 5.74) is 11.7. The Morgan fingerprint density at radius 3 is 1.24 bits per heavy atom. The molecule has 0 spiro atoms. The minimum absolute atomic E-state index is 0. The maximum atomic E-state index is 11.7. The van der Waals surface area contributed by atoms with Crippen LogP contribution in [-0.4, -0.2) is 31.7 Å². The summed E-state index contributed by atoms with van der Waals surface area (Å²) < 4.78 is 0. The number of carbonyl (C=O) groups is 2. The third kappa shape index (κ3) is 19.7. The van der Waals surface area contributed by atoms with Crippen LogP contribution in [0.2, 0.25) is 0 Å². The van der Waals surface area contributed by atoms with E-state index in [0.717, 1.165) is 72.2 Å². The molecule has 2 unspecified atom stereocenters. The topological polar surface area (TPSA) is 100 Å². The molecule has 6 aromatic rings. The number of pyridine rings is 2. The van der Waals surface area contributed by atoms with E-state index in [1.165, 1.54) is 56.0 Å². The van der Waals surface area contributed by atoms with Crippen LogP contribution in [0.15, 0.2) is 109 Å². The third-order valence-corrected chi connectivity index (χ3v) is 13.3. The van der Waals surface area contributed by atoms with Gasteiger partial charge in [0, 0.05) is 88.4 Å². The van der Waals surface area contributed by atoms with Crippen LogP contribution in [0, 0.1) is 63.5 Å². The van der Waals surface area contributed by atoms with Gasteiger partial charge in [0.15, 0.2) is 11.6 Å². The normalized spacial score (nSPS) is 12.2. The van der Waals surface area contributed by atoms with Crippen molar-refractivity contribution in [1.29, 1.82) is 0 Å². The molecule has 0 aliphatic carbocycles. The van der Waals surface area contributed by atoms with Crippen molar-refractivity contribution in [1.82, 2.24) is 9.97 Å². The molecule has 6 nitrogen and oxygen atoms in total. The minimum atomic E-state index is 0. The van der Waals surface area contributed by atoms with Gasteiger partial charge in [-0.05, 0) is 107 Å². The summed E-state index contributed by atoms with van der Waals surface area (Å²) in [6.45, 7) is 33.1. The Hall–Kier alpha value is -4.58. The average molecular weight is 1330 g/mol. The molecule has 0 aliphatic rings.